The van der Waals surface area contributed by atoms with Crippen LogP contribution in [-0.2, 0) is 19.2 Å². The summed E-state index contributed by atoms with van der Waals surface area (Å²) in [6.07, 6.45) is 0.575. The van der Waals surface area contributed by atoms with Crippen LogP contribution >= 0.6 is 24.0 Å². The second-order valence-electron chi connectivity index (χ2n) is 5.77. The van der Waals surface area contributed by atoms with Crippen LogP contribution < -0.4 is 21.7 Å². The molecule has 0 aliphatic heterocycles. The number of carboxylic acid groups (broad SMARTS) is 2. The van der Waals surface area contributed by atoms with Gasteiger partial charge in [-0.15, -0.1) is 0 Å². The molecule has 0 saturated heterocycles. The quantitative estimate of drug-likeness (QED) is 0.220. The first kappa shape index (κ1) is 25.1. The molecule has 12 heteroatoms. The summed E-state index contributed by atoms with van der Waals surface area (Å²) < 4.78 is 0.447. The largest absolute Gasteiger partial charge is 0.480 e. The van der Waals surface area contributed by atoms with Gasteiger partial charge < -0.3 is 31.9 Å². The summed E-state index contributed by atoms with van der Waals surface area (Å²) in [5.41, 5.74) is 5.34. The number of amides is 2. The predicted molar refractivity (Wildman–Crippen MR) is 105 cm³/mol. The van der Waals surface area contributed by atoms with Crippen molar-refractivity contribution in [1.29, 1.82) is 0 Å². The van der Waals surface area contributed by atoms with Crippen LogP contribution in [0.25, 0.3) is 0 Å². The fourth-order valence-corrected chi connectivity index (χ4v) is 2.89. The molecule has 3 unspecified atom stereocenters. The first-order valence-electron chi connectivity index (χ1n) is 8.27. The molecule has 0 aromatic heterocycles. The molecule has 0 aromatic rings. The second kappa shape index (κ2) is 13.3. The second-order valence-corrected chi connectivity index (χ2v) is 7.46. The van der Waals surface area contributed by atoms with Gasteiger partial charge in [0.15, 0.2) is 0 Å². The molecular formula is C15H26N4O6S2. The summed E-state index contributed by atoms with van der Waals surface area (Å²) >= 11 is 6.31. The van der Waals surface area contributed by atoms with E-state index >= 15 is 0 Å². The number of carboxylic acids is 2. The van der Waals surface area contributed by atoms with E-state index < -0.39 is 42.4 Å². The van der Waals surface area contributed by atoms with Crippen LogP contribution in [0.4, 0.5) is 0 Å². The minimum atomic E-state index is -1.23. The van der Waals surface area contributed by atoms with Gasteiger partial charge in [-0.3, -0.25) is 19.2 Å². The fraction of sp³-hybridized carbons (Fsp3) is 0.667. The Morgan fingerprint density at radius 2 is 1.81 bits per heavy atom. The summed E-state index contributed by atoms with van der Waals surface area (Å²) in [5, 5.41) is 25.1. The van der Waals surface area contributed by atoms with Crippen LogP contribution in [-0.4, -0.2) is 68.7 Å². The molecule has 0 bridgehead atoms. The maximum absolute atomic E-state index is 12.1. The highest BCUT2D eigenvalue weighted by atomic mass is 32.2. The van der Waals surface area contributed by atoms with E-state index in [1.54, 1.807) is 0 Å². The van der Waals surface area contributed by atoms with Gasteiger partial charge in [0, 0.05) is 18.2 Å². The molecule has 0 fully saturated rings. The van der Waals surface area contributed by atoms with Crippen molar-refractivity contribution in [1.82, 2.24) is 16.0 Å². The van der Waals surface area contributed by atoms with Crippen molar-refractivity contribution in [2.45, 2.75) is 51.2 Å². The first-order valence-corrected chi connectivity index (χ1v) is 9.66. The topological polar surface area (TPSA) is 171 Å². The zero-order valence-electron chi connectivity index (χ0n) is 15.2. The van der Waals surface area contributed by atoms with Crippen LogP contribution in [0.2, 0.25) is 0 Å². The van der Waals surface area contributed by atoms with E-state index in [1.165, 1.54) is 0 Å². The Balaban J connectivity index is 4.74. The van der Waals surface area contributed by atoms with E-state index in [0.29, 0.717) is 4.32 Å². The number of carbonyl (C=O) groups excluding carboxylic acids is 2. The average Bonchev–Trinajstić information content (AvgIpc) is 2.60. The summed E-state index contributed by atoms with van der Waals surface area (Å²) in [6, 6.07) is -2.06. The monoisotopic (exact) mass is 422 g/mol. The lowest BCUT2D eigenvalue weighted by atomic mass is 10.1. The third-order valence-corrected chi connectivity index (χ3v) is 4.77. The number of hydrogen-bond donors (Lipinski definition) is 6. The van der Waals surface area contributed by atoms with Gasteiger partial charge >= 0.3 is 11.9 Å². The van der Waals surface area contributed by atoms with Gasteiger partial charge in [0.05, 0.1) is 0 Å². The van der Waals surface area contributed by atoms with Crippen LogP contribution in [0.5, 0.6) is 0 Å². The minimum absolute atomic E-state index is 0.0877. The number of hydrogen-bond acceptors (Lipinski definition) is 7. The Labute approximate surface area is 167 Å². The van der Waals surface area contributed by atoms with Gasteiger partial charge in [0.2, 0.25) is 11.8 Å². The summed E-state index contributed by atoms with van der Waals surface area (Å²) in [5.74, 6) is -3.60. The number of nitrogens with two attached hydrogens (primary N) is 1. The molecule has 3 atom stereocenters. The number of thioether (sulfide) groups is 1. The van der Waals surface area contributed by atoms with Crippen LogP contribution in [0.3, 0.4) is 0 Å². The zero-order chi connectivity index (χ0) is 21.0. The molecule has 0 aliphatic carbocycles. The van der Waals surface area contributed by atoms with E-state index in [-0.39, 0.29) is 24.6 Å². The molecule has 0 spiro atoms. The average molecular weight is 423 g/mol. The van der Waals surface area contributed by atoms with Crippen molar-refractivity contribution < 1.29 is 29.4 Å². The van der Waals surface area contributed by atoms with Gasteiger partial charge in [-0.05, 0) is 19.8 Å². The number of aliphatic carboxylic acids is 2. The highest BCUT2D eigenvalue weighted by Crippen LogP contribution is 2.08. The Bertz CT molecular complexity index is 560. The van der Waals surface area contributed by atoms with Crippen molar-refractivity contribution in [3.05, 3.63) is 0 Å². The van der Waals surface area contributed by atoms with Crippen LogP contribution in [0.15, 0.2) is 0 Å². The predicted octanol–water partition coefficient (Wildman–Crippen LogP) is -0.730. The van der Waals surface area contributed by atoms with E-state index in [0.717, 1.165) is 18.2 Å². The summed E-state index contributed by atoms with van der Waals surface area (Å²) in [4.78, 5) is 45.4. The lowest BCUT2D eigenvalue weighted by Crippen LogP contribution is -2.50. The molecule has 27 heavy (non-hydrogen) atoms. The molecule has 10 nitrogen and oxygen atoms in total. The van der Waals surface area contributed by atoms with Crippen molar-refractivity contribution in [2.75, 3.05) is 12.3 Å². The molecular weight excluding hydrogens is 396 g/mol. The maximum Gasteiger partial charge on any atom is 0.322 e. The Kier molecular flexibility index (Phi) is 12.3. The summed E-state index contributed by atoms with van der Waals surface area (Å²) in [7, 11) is 0. The van der Waals surface area contributed by atoms with Gasteiger partial charge in [-0.2, -0.15) is 0 Å². The van der Waals surface area contributed by atoms with E-state index in [2.05, 4.69) is 16.0 Å². The molecule has 154 valence electrons. The molecule has 0 heterocycles. The van der Waals surface area contributed by atoms with E-state index in [9.17, 15) is 19.2 Å². The Hall–Kier alpha value is -1.92. The van der Waals surface area contributed by atoms with Gasteiger partial charge in [0.1, 0.15) is 22.9 Å². The highest BCUT2D eigenvalue weighted by molar-refractivity contribution is 8.23. The molecule has 0 aromatic carbocycles. The van der Waals surface area contributed by atoms with Crippen molar-refractivity contribution >= 4 is 52.1 Å². The number of nitrogens with one attached hydrogen (secondary N) is 3. The SMILES string of the molecule is CCC(C)NC(=S)SCC(NC(=O)CCC(N)C(=O)O)C(=O)NCC(=O)O. The molecule has 0 radical (unpaired) electrons. The molecule has 0 aliphatic rings. The molecule has 0 saturated carbocycles. The van der Waals surface area contributed by atoms with Gasteiger partial charge in [-0.1, -0.05) is 30.9 Å². The van der Waals surface area contributed by atoms with Crippen LogP contribution in [0.1, 0.15) is 33.1 Å². The standard InChI is InChI=1S/C15H26N4O6S2/c1-3-8(2)18-15(26)27-7-10(13(23)17-6-12(21)22)19-11(20)5-4-9(16)14(24)25/h8-10H,3-7,16H2,1-2H3,(H,17,23)(H,18,26)(H,19,20)(H,21,22)(H,24,25). The number of carbonyl (C=O) groups is 4. The minimum Gasteiger partial charge on any atom is -0.480 e. The van der Waals surface area contributed by atoms with Crippen LogP contribution in [0, 0.1) is 0 Å². The number of rotatable bonds is 12. The fourth-order valence-electron chi connectivity index (χ4n) is 1.65. The van der Waals surface area contributed by atoms with Crippen molar-refractivity contribution in [3.8, 4) is 0 Å². The molecule has 7 N–H and O–H groups in total. The Morgan fingerprint density at radius 3 is 2.33 bits per heavy atom. The van der Waals surface area contributed by atoms with Crippen molar-refractivity contribution in [2.24, 2.45) is 5.73 Å². The zero-order valence-corrected chi connectivity index (χ0v) is 16.8. The van der Waals surface area contributed by atoms with Gasteiger partial charge in [0.25, 0.3) is 0 Å². The maximum atomic E-state index is 12.1. The van der Waals surface area contributed by atoms with Gasteiger partial charge in [-0.25, -0.2) is 0 Å². The third kappa shape index (κ3) is 12.2. The molecule has 2 amide bonds. The normalized spacial score (nSPS) is 13.7. The third-order valence-electron chi connectivity index (χ3n) is 3.42. The lowest BCUT2D eigenvalue weighted by Gasteiger charge is -2.19. The first-order chi connectivity index (χ1) is 12.6. The highest BCUT2D eigenvalue weighted by Gasteiger charge is 2.23. The van der Waals surface area contributed by atoms with E-state index in [4.69, 9.17) is 28.2 Å². The summed E-state index contributed by atoms with van der Waals surface area (Å²) in [6.45, 7) is 3.34. The molecule has 0 rings (SSSR count). The van der Waals surface area contributed by atoms with E-state index in [1.807, 2.05) is 13.8 Å². The smallest absolute Gasteiger partial charge is 0.322 e. The number of thiocarbonyl (C=S) groups is 1. The van der Waals surface area contributed by atoms with Crippen molar-refractivity contribution in [3.63, 3.8) is 0 Å². The Morgan fingerprint density at radius 1 is 1.19 bits per heavy atom. The lowest BCUT2D eigenvalue weighted by molar-refractivity contribution is -0.139.